The standard InChI is InChI=1S/C10H16N8/c1-8-7-9(15-10(14-8)16-11)12-3-2-5-18-6-4-13-17-18/h4,6-7H,2-3,5,11H2,1H3,(H2,12,14,15,16). The van der Waals surface area contributed by atoms with E-state index in [9.17, 15) is 0 Å². The molecule has 0 radical (unpaired) electrons. The highest BCUT2D eigenvalue weighted by atomic mass is 15.4. The topological polar surface area (TPSA) is 107 Å². The van der Waals surface area contributed by atoms with Crippen molar-refractivity contribution in [3.8, 4) is 0 Å². The van der Waals surface area contributed by atoms with Crippen LogP contribution in [0, 0.1) is 6.92 Å². The van der Waals surface area contributed by atoms with E-state index in [-0.39, 0.29) is 0 Å². The Bertz CT molecular complexity index is 481. The second-order valence-corrected chi connectivity index (χ2v) is 3.81. The molecule has 2 rings (SSSR count). The molecule has 0 saturated carbocycles. The van der Waals surface area contributed by atoms with Crippen molar-refractivity contribution in [2.75, 3.05) is 17.3 Å². The Hall–Kier alpha value is -2.22. The molecule has 4 N–H and O–H groups in total. The second-order valence-electron chi connectivity index (χ2n) is 3.81. The molecule has 0 unspecified atom stereocenters. The number of nitrogens with two attached hydrogens (primary N) is 1. The number of hydrazine groups is 1. The molecule has 0 amide bonds. The molecule has 8 heteroatoms. The first kappa shape index (κ1) is 12.2. The summed E-state index contributed by atoms with van der Waals surface area (Å²) in [5.74, 6) is 6.45. The highest BCUT2D eigenvalue weighted by Crippen LogP contribution is 2.08. The summed E-state index contributed by atoms with van der Waals surface area (Å²) in [6.45, 7) is 3.50. The lowest BCUT2D eigenvalue weighted by Crippen LogP contribution is -2.13. The summed E-state index contributed by atoms with van der Waals surface area (Å²) in [6.07, 6.45) is 4.43. The molecular formula is C10H16N8. The zero-order valence-corrected chi connectivity index (χ0v) is 10.2. The number of nitrogens with one attached hydrogen (secondary N) is 2. The van der Waals surface area contributed by atoms with Crippen LogP contribution in [0.2, 0.25) is 0 Å². The molecule has 18 heavy (non-hydrogen) atoms. The van der Waals surface area contributed by atoms with Gasteiger partial charge in [-0.15, -0.1) is 5.10 Å². The van der Waals surface area contributed by atoms with Crippen molar-refractivity contribution in [3.63, 3.8) is 0 Å². The number of aryl methyl sites for hydroxylation is 2. The number of nitrogen functional groups attached to an aromatic ring is 1. The van der Waals surface area contributed by atoms with Crippen molar-refractivity contribution in [3.05, 3.63) is 24.2 Å². The second kappa shape index (κ2) is 5.92. The van der Waals surface area contributed by atoms with Crippen molar-refractivity contribution in [2.45, 2.75) is 19.9 Å². The molecule has 2 aromatic rings. The summed E-state index contributed by atoms with van der Waals surface area (Å²) in [6, 6.07) is 1.87. The molecule has 0 aliphatic carbocycles. The average Bonchev–Trinajstić information content (AvgIpc) is 2.87. The third-order valence-corrected chi connectivity index (χ3v) is 2.33. The van der Waals surface area contributed by atoms with E-state index in [1.54, 1.807) is 10.9 Å². The maximum atomic E-state index is 5.29. The molecule has 0 aliphatic heterocycles. The predicted octanol–water partition coefficient (Wildman–Crippen LogP) is 0.164. The summed E-state index contributed by atoms with van der Waals surface area (Å²) < 4.78 is 1.79. The Balaban J connectivity index is 1.81. The fourth-order valence-corrected chi connectivity index (χ4v) is 1.53. The van der Waals surface area contributed by atoms with Crippen LogP contribution < -0.4 is 16.6 Å². The van der Waals surface area contributed by atoms with Gasteiger partial charge in [0.15, 0.2) is 0 Å². The van der Waals surface area contributed by atoms with Gasteiger partial charge in [0.05, 0.1) is 6.20 Å². The average molecular weight is 248 g/mol. The van der Waals surface area contributed by atoms with Gasteiger partial charge in [0.25, 0.3) is 0 Å². The Labute approximate surface area is 105 Å². The lowest BCUT2D eigenvalue weighted by Gasteiger charge is -2.07. The van der Waals surface area contributed by atoms with Gasteiger partial charge in [-0.3, -0.25) is 10.1 Å². The van der Waals surface area contributed by atoms with Crippen molar-refractivity contribution in [2.24, 2.45) is 5.84 Å². The van der Waals surface area contributed by atoms with Gasteiger partial charge in [0, 0.05) is 31.0 Å². The first-order valence-electron chi connectivity index (χ1n) is 5.68. The molecule has 8 nitrogen and oxygen atoms in total. The van der Waals surface area contributed by atoms with Crippen LogP contribution in [0.25, 0.3) is 0 Å². The summed E-state index contributed by atoms with van der Waals surface area (Å²) in [7, 11) is 0. The maximum absolute atomic E-state index is 5.29. The fraction of sp³-hybridized carbons (Fsp3) is 0.400. The molecular weight excluding hydrogens is 232 g/mol. The zero-order chi connectivity index (χ0) is 12.8. The number of hydrogen-bond acceptors (Lipinski definition) is 7. The summed E-state index contributed by atoms with van der Waals surface area (Å²) in [5, 5.41) is 10.8. The van der Waals surface area contributed by atoms with E-state index in [1.165, 1.54) is 0 Å². The Morgan fingerprint density at radius 3 is 3.00 bits per heavy atom. The van der Waals surface area contributed by atoms with Crippen molar-refractivity contribution >= 4 is 11.8 Å². The number of nitrogens with zero attached hydrogens (tertiary/aromatic N) is 5. The van der Waals surface area contributed by atoms with E-state index in [0.717, 1.165) is 31.0 Å². The molecule has 96 valence electrons. The molecule has 0 aromatic carbocycles. The minimum Gasteiger partial charge on any atom is -0.370 e. The van der Waals surface area contributed by atoms with Gasteiger partial charge in [0.1, 0.15) is 5.82 Å². The van der Waals surface area contributed by atoms with Gasteiger partial charge in [-0.1, -0.05) is 5.21 Å². The first-order valence-corrected chi connectivity index (χ1v) is 5.68. The fourth-order valence-electron chi connectivity index (χ4n) is 1.53. The van der Waals surface area contributed by atoms with Crippen LogP contribution in [-0.4, -0.2) is 31.5 Å². The number of rotatable bonds is 6. The van der Waals surface area contributed by atoms with Crippen LogP contribution in [0.1, 0.15) is 12.1 Å². The molecule has 0 spiro atoms. The number of aromatic nitrogens is 5. The first-order chi connectivity index (χ1) is 8.78. The Morgan fingerprint density at radius 1 is 1.39 bits per heavy atom. The predicted molar refractivity (Wildman–Crippen MR) is 67.7 cm³/mol. The van der Waals surface area contributed by atoms with Crippen LogP contribution >= 0.6 is 0 Å². The molecule has 0 atom stereocenters. The van der Waals surface area contributed by atoms with Crippen LogP contribution in [-0.2, 0) is 6.54 Å². The van der Waals surface area contributed by atoms with Crippen molar-refractivity contribution < 1.29 is 0 Å². The Morgan fingerprint density at radius 2 is 2.28 bits per heavy atom. The largest absolute Gasteiger partial charge is 0.370 e. The van der Waals surface area contributed by atoms with Crippen molar-refractivity contribution in [1.29, 1.82) is 0 Å². The van der Waals surface area contributed by atoms with E-state index in [2.05, 4.69) is 31.0 Å². The van der Waals surface area contributed by atoms with Gasteiger partial charge in [-0.25, -0.2) is 10.8 Å². The minimum atomic E-state index is 0.411. The minimum absolute atomic E-state index is 0.411. The van der Waals surface area contributed by atoms with Gasteiger partial charge in [-0.05, 0) is 13.3 Å². The van der Waals surface area contributed by atoms with Gasteiger partial charge < -0.3 is 5.32 Å². The SMILES string of the molecule is Cc1cc(NCCCn2ccnn2)nc(NN)n1. The molecule has 2 heterocycles. The third-order valence-electron chi connectivity index (χ3n) is 2.33. The normalized spacial score (nSPS) is 10.3. The quantitative estimate of drug-likeness (QED) is 0.380. The van der Waals surface area contributed by atoms with Crippen molar-refractivity contribution in [1.82, 2.24) is 25.0 Å². The Kier molecular flexibility index (Phi) is 4.02. The van der Waals surface area contributed by atoms with Crippen LogP contribution in [0.3, 0.4) is 0 Å². The number of hydrogen-bond donors (Lipinski definition) is 3. The van der Waals surface area contributed by atoms with E-state index in [0.29, 0.717) is 5.95 Å². The van der Waals surface area contributed by atoms with Crippen LogP contribution in [0.5, 0.6) is 0 Å². The van der Waals surface area contributed by atoms with E-state index in [4.69, 9.17) is 5.84 Å². The number of anilines is 2. The van der Waals surface area contributed by atoms with Crippen LogP contribution in [0.15, 0.2) is 18.5 Å². The third kappa shape index (κ3) is 3.39. The van der Waals surface area contributed by atoms with Gasteiger partial charge >= 0.3 is 0 Å². The highest BCUT2D eigenvalue weighted by Gasteiger charge is 2.00. The molecule has 0 saturated heterocycles. The van der Waals surface area contributed by atoms with E-state index in [1.807, 2.05) is 19.2 Å². The lowest BCUT2D eigenvalue weighted by atomic mass is 10.4. The molecule has 0 fully saturated rings. The lowest BCUT2D eigenvalue weighted by molar-refractivity contribution is 0.569. The monoisotopic (exact) mass is 248 g/mol. The van der Waals surface area contributed by atoms with E-state index >= 15 is 0 Å². The summed E-state index contributed by atoms with van der Waals surface area (Å²) >= 11 is 0. The smallest absolute Gasteiger partial charge is 0.239 e. The van der Waals surface area contributed by atoms with Gasteiger partial charge in [-0.2, -0.15) is 4.98 Å². The molecule has 2 aromatic heterocycles. The summed E-state index contributed by atoms with van der Waals surface area (Å²) in [5.41, 5.74) is 3.29. The zero-order valence-electron chi connectivity index (χ0n) is 10.2. The maximum Gasteiger partial charge on any atom is 0.239 e. The van der Waals surface area contributed by atoms with Crippen LogP contribution in [0.4, 0.5) is 11.8 Å². The molecule has 0 aliphatic rings. The summed E-state index contributed by atoms with van der Waals surface area (Å²) in [4.78, 5) is 8.31. The highest BCUT2D eigenvalue weighted by molar-refractivity contribution is 5.41. The van der Waals surface area contributed by atoms with Gasteiger partial charge in [0.2, 0.25) is 5.95 Å². The molecule has 0 bridgehead atoms. The van der Waals surface area contributed by atoms with E-state index < -0.39 is 0 Å².